The van der Waals surface area contributed by atoms with Crippen LogP contribution in [-0.4, -0.2) is 113 Å². The molecular formula is C56H63N7O12. The fourth-order valence-corrected chi connectivity index (χ4v) is 9.30. The van der Waals surface area contributed by atoms with Gasteiger partial charge in [0.05, 0.1) is 12.5 Å². The summed E-state index contributed by atoms with van der Waals surface area (Å²) in [5, 5.41) is 24.8. The normalized spacial score (nSPS) is 16.1. The Kier molecular flexibility index (Phi) is 18.3. The number of hydrogen-bond acceptors (Lipinski definition) is 12. The molecule has 5 aromatic rings. The van der Waals surface area contributed by atoms with Gasteiger partial charge in [-0.1, -0.05) is 97.1 Å². The second kappa shape index (κ2) is 25.2. The fourth-order valence-electron chi connectivity index (χ4n) is 9.30. The van der Waals surface area contributed by atoms with Crippen LogP contribution < -0.4 is 32.3 Å². The van der Waals surface area contributed by atoms with E-state index >= 15 is 0 Å². The number of aromatic nitrogens is 1. The van der Waals surface area contributed by atoms with Crippen LogP contribution in [0.2, 0.25) is 0 Å². The number of nitrogens with zero attached hydrogens (tertiary/aromatic N) is 1. The fraction of sp³-hybridized carbons (Fsp3) is 0.375. The number of hydrogen-bond donors (Lipinski definition) is 7. The third-order valence-corrected chi connectivity index (χ3v) is 12.9. The highest BCUT2D eigenvalue weighted by atomic mass is 16.6. The predicted molar refractivity (Wildman–Crippen MR) is 275 cm³/mol. The Labute approximate surface area is 434 Å². The van der Waals surface area contributed by atoms with E-state index in [0.717, 1.165) is 33.0 Å². The van der Waals surface area contributed by atoms with Crippen LogP contribution in [0.3, 0.4) is 0 Å². The van der Waals surface area contributed by atoms with Gasteiger partial charge in [0.15, 0.2) is 0 Å². The van der Waals surface area contributed by atoms with Crippen molar-refractivity contribution in [3.05, 3.63) is 138 Å². The number of rotatable bonds is 22. The number of carboxylic acids is 1. The van der Waals surface area contributed by atoms with Crippen LogP contribution in [0.25, 0.3) is 21.9 Å². The number of alkyl carbamates (subject to hydrolysis) is 1. The minimum atomic E-state index is -1.73. The highest BCUT2D eigenvalue weighted by Crippen LogP contribution is 2.44. The molecule has 1 fully saturated rings. The van der Waals surface area contributed by atoms with E-state index in [0.29, 0.717) is 30.4 Å². The minimum absolute atomic E-state index is 0.0318. The van der Waals surface area contributed by atoms with Gasteiger partial charge in [-0.2, -0.15) is 0 Å². The first kappa shape index (κ1) is 54.6. The molecule has 2 heterocycles. The van der Waals surface area contributed by atoms with E-state index in [4.69, 9.17) is 19.9 Å². The molecule has 2 aliphatic rings. The molecule has 1 aromatic heterocycles. The lowest BCUT2D eigenvalue weighted by Crippen LogP contribution is -2.62. The molecule has 19 heteroatoms. The number of primary amides is 1. The predicted octanol–water partition coefficient (Wildman–Crippen LogP) is 4.52. The van der Waals surface area contributed by atoms with Gasteiger partial charge in [0.2, 0.25) is 29.5 Å². The van der Waals surface area contributed by atoms with Crippen molar-refractivity contribution in [1.82, 2.24) is 31.6 Å². The van der Waals surface area contributed by atoms with Gasteiger partial charge < -0.3 is 51.6 Å². The summed E-state index contributed by atoms with van der Waals surface area (Å²) < 4.78 is 17.4. The van der Waals surface area contributed by atoms with Crippen molar-refractivity contribution < 1.29 is 57.7 Å². The van der Waals surface area contributed by atoms with E-state index in [-0.39, 0.29) is 32.0 Å². The van der Waals surface area contributed by atoms with Gasteiger partial charge in [-0.05, 0) is 96.7 Å². The van der Waals surface area contributed by atoms with Crippen LogP contribution in [0, 0.1) is 0 Å². The quantitative estimate of drug-likeness (QED) is 0.0471. The monoisotopic (exact) mass is 1030 g/mol. The zero-order chi connectivity index (χ0) is 53.6. The summed E-state index contributed by atoms with van der Waals surface area (Å²) in [7, 11) is 0. The number of benzene rings is 4. The highest BCUT2D eigenvalue weighted by molar-refractivity contribution is 5.98. The van der Waals surface area contributed by atoms with E-state index < -0.39 is 109 Å². The van der Waals surface area contributed by atoms with E-state index in [9.17, 15) is 43.5 Å². The molecular weight excluding hydrogens is 963 g/mol. The summed E-state index contributed by atoms with van der Waals surface area (Å²) in [4.78, 5) is 113. The first-order chi connectivity index (χ1) is 35.9. The number of aliphatic carboxylic acids is 1. The van der Waals surface area contributed by atoms with Gasteiger partial charge in [-0.3, -0.25) is 33.8 Å². The summed E-state index contributed by atoms with van der Waals surface area (Å²) in [6, 6.07) is 24.5. The van der Waals surface area contributed by atoms with E-state index in [2.05, 4.69) is 31.6 Å². The summed E-state index contributed by atoms with van der Waals surface area (Å²) in [6.45, 7) is 5.15. The van der Waals surface area contributed by atoms with Crippen LogP contribution in [-0.2, 0) is 60.6 Å². The number of carbonyl (C=O) groups excluding carboxylic acids is 7. The van der Waals surface area contributed by atoms with Gasteiger partial charge in [-0.15, -0.1) is 0 Å². The Morgan fingerprint density at radius 2 is 1.32 bits per heavy atom. The summed E-state index contributed by atoms with van der Waals surface area (Å²) in [6.07, 6.45) is 0.904. The Morgan fingerprint density at radius 1 is 0.693 bits per heavy atom. The number of amides is 6. The number of esters is 1. The summed E-state index contributed by atoms with van der Waals surface area (Å²) >= 11 is 0. The number of pyridine rings is 1. The van der Waals surface area contributed by atoms with E-state index in [1.54, 1.807) is 32.9 Å². The lowest BCUT2D eigenvalue weighted by atomic mass is 9.98. The average Bonchev–Trinajstić information content (AvgIpc) is 3.71. The van der Waals surface area contributed by atoms with Crippen molar-refractivity contribution in [2.45, 2.75) is 120 Å². The molecule has 6 amide bonds. The van der Waals surface area contributed by atoms with E-state index in [1.165, 1.54) is 12.4 Å². The molecule has 4 aromatic carbocycles. The van der Waals surface area contributed by atoms with Crippen molar-refractivity contribution in [3.8, 4) is 11.1 Å². The van der Waals surface area contributed by atoms with Gasteiger partial charge in [0, 0.05) is 44.2 Å². The number of nitrogens with one attached hydrogen (secondary N) is 5. The molecule has 75 heavy (non-hydrogen) atoms. The Balaban J connectivity index is 1.13. The van der Waals surface area contributed by atoms with Crippen LogP contribution >= 0.6 is 0 Å². The van der Waals surface area contributed by atoms with Crippen molar-refractivity contribution >= 4 is 58.3 Å². The number of carbonyl (C=O) groups is 8. The van der Waals surface area contributed by atoms with Crippen LogP contribution in [0.5, 0.6) is 0 Å². The Bertz CT molecular complexity index is 2840. The minimum Gasteiger partial charge on any atom is -0.480 e. The molecule has 6 atom stereocenters. The molecule has 0 saturated carbocycles. The molecule has 0 radical (unpaired) electrons. The third kappa shape index (κ3) is 15.2. The maximum absolute atomic E-state index is 14.7. The first-order valence-electron chi connectivity index (χ1n) is 25.0. The average molecular weight is 1030 g/mol. The summed E-state index contributed by atoms with van der Waals surface area (Å²) in [5.41, 5.74) is 9.80. The van der Waals surface area contributed by atoms with Crippen LogP contribution in [0.4, 0.5) is 4.79 Å². The van der Waals surface area contributed by atoms with Crippen molar-refractivity contribution in [2.24, 2.45) is 5.73 Å². The van der Waals surface area contributed by atoms with Crippen molar-refractivity contribution in [1.29, 1.82) is 0 Å². The zero-order valence-electron chi connectivity index (χ0n) is 42.0. The molecule has 19 nitrogen and oxygen atoms in total. The number of carboxylic acid groups (broad SMARTS) is 1. The molecule has 1 aliphatic carbocycles. The smallest absolute Gasteiger partial charge is 0.407 e. The van der Waals surface area contributed by atoms with Crippen molar-refractivity contribution in [3.63, 3.8) is 0 Å². The van der Waals surface area contributed by atoms with Crippen molar-refractivity contribution in [2.75, 3.05) is 13.2 Å². The van der Waals surface area contributed by atoms with Gasteiger partial charge in [-0.25, -0.2) is 9.59 Å². The standard InChI is InChI=1S/C56H63N7O12/c1-56(2,3)75-48(65)24-23-42(50(66)60-44(30-47(57)64)51(67)61-45(54(70)71)29-34-13-12-25-58-31-34)59-53(69)49(46-20-10-11-26-73-46)63-52(68)43(28-33-21-22-35-14-4-5-15-36(35)27-33)62-55(72)74-32-41-39-18-8-6-16-37(39)38-17-7-9-19-40(38)41/h4-9,12-19,21-22,25,27,31,41-46,49H,10-11,20,23-24,26,28-30,32H2,1-3H3,(H2,57,64)(H,59,69)(H,60,66)(H,61,67)(H,62,72)(H,63,68)(H,70,71)/t42-,43-,44-,45-,46?,49?/m0/s1. The molecule has 1 aliphatic heterocycles. The SMILES string of the molecule is CC(C)(C)OC(=O)CC[C@H](NC(=O)C(NC(=O)[C@H](Cc1ccc2ccccc2c1)NC(=O)OCC1c2ccccc2-c2ccccc21)C1CCCCO1)C(=O)N[C@@H](CC(N)=O)C(=O)N[C@@H](Cc1cccnc1)C(=O)O. The molecule has 1 saturated heterocycles. The lowest BCUT2D eigenvalue weighted by molar-refractivity contribution is -0.155. The zero-order valence-corrected chi connectivity index (χ0v) is 42.0. The third-order valence-electron chi connectivity index (χ3n) is 12.9. The largest absolute Gasteiger partial charge is 0.480 e. The maximum Gasteiger partial charge on any atom is 0.407 e. The molecule has 0 spiro atoms. The van der Waals surface area contributed by atoms with E-state index in [1.807, 2.05) is 91.0 Å². The second-order valence-corrected chi connectivity index (χ2v) is 19.7. The van der Waals surface area contributed by atoms with Crippen LogP contribution in [0.15, 0.2) is 116 Å². The molecule has 7 rings (SSSR count). The highest BCUT2D eigenvalue weighted by Gasteiger charge is 2.38. The van der Waals surface area contributed by atoms with Gasteiger partial charge in [0.25, 0.3) is 0 Å². The summed E-state index contributed by atoms with van der Waals surface area (Å²) in [5.74, 6) is -7.24. The maximum atomic E-state index is 14.7. The Morgan fingerprint density at radius 3 is 1.96 bits per heavy atom. The molecule has 2 unspecified atom stereocenters. The molecule has 8 N–H and O–H groups in total. The number of fused-ring (bicyclic) bond motifs is 4. The van der Waals surface area contributed by atoms with Gasteiger partial charge in [0.1, 0.15) is 42.4 Å². The molecule has 0 bridgehead atoms. The van der Waals surface area contributed by atoms with Gasteiger partial charge >= 0.3 is 18.0 Å². The lowest BCUT2D eigenvalue weighted by Gasteiger charge is -2.32. The molecule has 394 valence electrons. The number of ether oxygens (including phenoxy) is 3. The second-order valence-electron chi connectivity index (χ2n) is 19.7. The first-order valence-corrected chi connectivity index (χ1v) is 25.0. The Hall–Kier alpha value is -8.19. The number of nitrogens with two attached hydrogens (primary N) is 1. The topological polar surface area (TPSA) is 284 Å². The van der Waals surface area contributed by atoms with Crippen LogP contribution in [0.1, 0.15) is 87.5 Å².